The molecule has 0 atom stereocenters. The Morgan fingerprint density at radius 1 is 1.32 bits per heavy atom. The number of carbonyl (C=O) groups is 1. The van der Waals surface area contributed by atoms with Crippen LogP contribution in [0, 0.1) is 5.82 Å². The van der Waals surface area contributed by atoms with Crippen molar-refractivity contribution in [3.63, 3.8) is 0 Å². The fraction of sp³-hybridized carbons (Fsp3) is 0.421. The van der Waals surface area contributed by atoms with Crippen molar-refractivity contribution in [1.82, 2.24) is 15.0 Å². The topological polar surface area (TPSA) is 64.6 Å². The number of hydrogen-bond donors (Lipinski definition) is 1. The SMILES string of the molecule is CCN1C(=O)N(C)c2cnc(Nc3cccc(Cl)c3F)nc2N1C1CCCC1. The maximum Gasteiger partial charge on any atom is 0.343 e. The summed E-state index contributed by atoms with van der Waals surface area (Å²) in [7, 11) is 1.71. The van der Waals surface area contributed by atoms with Crippen LogP contribution in [0.25, 0.3) is 0 Å². The number of anilines is 4. The standard InChI is InChI=1S/C19H22ClFN6O/c1-3-26-19(28)25(2)15-11-22-18(23-14-10-6-9-13(20)16(14)21)24-17(15)27(26)12-7-4-5-8-12/h6,9-12H,3-5,7-8H2,1-2H3,(H,22,23,24). The van der Waals surface area contributed by atoms with Gasteiger partial charge >= 0.3 is 6.03 Å². The van der Waals surface area contributed by atoms with E-state index in [1.807, 2.05) is 11.9 Å². The zero-order chi connectivity index (χ0) is 19.8. The summed E-state index contributed by atoms with van der Waals surface area (Å²) in [6, 6.07) is 4.82. The fourth-order valence-corrected chi connectivity index (χ4v) is 4.02. The molecule has 0 spiro atoms. The Morgan fingerprint density at radius 3 is 2.79 bits per heavy atom. The summed E-state index contributed by atoms with van der Waals surface area (Å²) in [5, 5.41) is 6.64. The molecule has 1 aliphatic carbocycles. The summed E-state index contributed by atoms with van der Waals surface area (Å²) in [5.74, 6) is 0.345. The van der Waals surface area contributed by atoms with E-state index in [0.717, 1.165) is 25.7 Å². The molecule has 1 saturated carbocycles. The molecule has 4 rings (SSSR count). The molecule has 2 aliphatic rings. The minimum Gasteiger partial charge on any atom is -0.322 e. The first-order chi connectivity index (χ1) is 13.5. The average molecular weight is 405 g/mol. The first kappa shape index (κ1) is 18.7. The molecule has 28 heavy (non-hydrogen) atoms. The second-order valence-corrected chi connectivity index (χ2v) is 7.38. The largest absolute Gasteiger partial charge is 0.343 e. The number of hydrogen-bond acceptors (Lipinski definition) is 5. The number of benzene rings is 1. The third-order valence-corrected chi connectivity index (χ3v) is 5.56. The van der Waals surface area contributed by atoms with Crippen LogP contribution in [0.1, 0.15) is 32.6 Å². The molecule has 0 bridgehead atoms. The van der Waals surface area contributed by atoms with Crippen LogP contribution in [0.15, 0.2) is 24.4 Å². The fourth-order valence-electron chi connectivity index (χ4n) is 3.84. The van der Waals surface area contributed by atoms with Crippen molar-refractivity contribution in [1.29, 1.82) is 0 Å². The molecule has 7 nitrogen and oxygen atoms in total. The van der Waals surface area contributed by atoms with Gasteiger partial charge in [0.2, 0.25) is 5.95 Å². The quantitative estimate of drug-likeness (QED) is 0.808. The number of fused-ring (bicyclic) bond motifs is 1. The van der Waals surface area contributed by atoms with Gasteiger partial charge in [-0.2, -0.15) is 4.98 Å². The van der Waals surface area contributed by atoms with Gasteiger partial charge in [-0.25, -0.2) is 19.2 Å². The highest BCUT2D eigenvalue weighted by atomic mass is 35.5. The Kier molecular flexibility index (Phi) is 4.97. The van der Waals surface area contributed by atoms with Gasteiger partial charge in [-0.05, 0) is 31.9 Å². The van der Waals surface area contributed by atoms with Gasteiger partial charge in [-0.3, -0.25) is 9.91 Å². The average Bonchev–Trinajstić information content (AvgIpc) is 3.22. The highest BCUT2D eigenvalue weighted by Gasteiger charge is 2.39. The lowest BCUT2D eigenvalue weighted by Crippen LogP contribution is -2.59. The zero-order valence-corrected chi connectivity index (χ0v) is 16.6. The molecule has 0 unspecified atom stereocenters. The van der Waals surface area contributed by atoms with Crippen molar-refractivity contribution >= 4 is 40.8 Å². The van der Waals surface area contributed by atoms with Gasteiger partial charge < -0.3 is 5.32 Å². The van der Waals surface area contributed by atoms with Gasteiger partial charge in [-0.1, -0.05) is 30.5 Å². The lowest BCUT2D eigenvalue weighted by atomic mass is 10.2. The maximum atomic E-state index is 14.3. The smallest absolute Gasteiger partial charge is 0.322 e. The molecule has 2 heterocycles. The van der Waals surface area contributed by atoms with Crippen LogP contribution in [0.2, 0.25) is 5.02 Å². The van der Waals surface area contributed by atoms with Crippen LogP contribution in [-0.2, 0) is 0 Å². The van der Waals surface area contributed by atoms with E-state index in [2.05, 4.69) is 15.3 Å². The van der Waals surface area contributed by atoms with Gasteiger partial charge in [0.25, 0.3) is 0 Å². The second-order valence-electron chi connectivity index (χ2n) is 6.97. The van der Waals surface area contributed by atoms with E-state index in [1.54, 1.807) is 35.3 Å². The minimum absolute atomic E-state index is 0.0260. The molecule has 1 aromatic heterocycles. The van der Waals surface area contributed by atoms with Crippen LogP contribution in [0.5, 0.6) is 0 Å². The molecule has 1 N–H and O–H groups in total. The Bertz CT molecular complexity index is 904. The van der Waals surface area contributed by atoms with Gasteiger partial charge in [0.1, 0.15) is 5.69 Å². The second kappa shape index (κ2) is 7.43. The summed E-state index contributed by atoms with van der Waals surface area (Å²) in [6.07, 6.45) is 5.86. The van der Waals surface area contributed by atoms with Crippen LogP contribution in [0.3, 0.4) is 0 Å². The monoisotopic (exact) mass is 404 g/mol. The molecule has 9 heteroatoms. The Labute approximate surface area is 168 Å². The molecular weight excluding hydrogens is 383 g/mol. The highest BCUT2D eigenvalue weighted by Crippen LogP contribution is 2.39. The van der Waals surface area contributed by atoms with Crippen molar-refractivity contribution in [3.8, 4) is 0 Å². The number of nitrogens with one attached hydrogen (secondary N) is 1. The third kappa shape index (κ3) is 3.11. The Morgan fingerprint density at radius 2 is 2.07 bits per heavy atom. The van der Waals surface area contributed by atoms with Crippen LogP contribution >= 0.6 is 11.6 Å². The number of urea groups is 1. The van der Waals surface area contributed by atoms with Crippen molar-refractivity contribution in [2.45, 2.75) is 38.6 Å². The Hall–Kier alpha value is -2.61. The van der Waals surface area contributed by atoms with Crippen LogP contribution in [-0.4, -0.2) is 40.6 Å². The normalized spacial score (nSPS) is 17.3. The summed E-state index contributed by atoms with van der Waals surface area (Å²) in [5.41, 5.74) is 0.839. The van der Waals surface area contributed by atoms with Gasteiger partial charge in [0.15, 0.2) is 11.6 Å². The first-order valence-corrected chi connectivity index (χ1v) is 9.81. The number of nitrogens with zero attached hydrogens (tertiary/aromatic N) is 5. The summed E-state index contributed by atoms with van der Waals surface area (Å²) >= 11 is 5.86. The molecule has 1 aliphatic heterocycles. The molecule has 0 radical (unpaired) electrons. The van der Waals surface area contributed by atoms with Crippen molar-refractivity contribution < 1.29 is 9.18 Å². The zero-order valence-electron chi connectivity index (χ0n) is 15.8. The first-order valence-electron chi connectivity index (χ1n) is 9.43. The number of hydrazine groups is 1. The van der Waals surface area contributed by atoms with Crippen LogP contribution < -0.4 is 15.2 Å². The third-order valence-electron chi connectivity index (χ3n) is 5.26. The number of aromatic nitrogens is 2. The molecule has 148 valence electrons. The number of amides is 2. The van der Waals surface area contributed by atoms with Crippen molar-refractivity contribution in [3.05, 3.63) is 35.2 Å². The van der Waals surface area contributed by atoms with Crippen molar-refractivity contribution in [2.75, 3.05) is 28.8 Å². The number of rotatable bonds is 4. The molecule has 0 saturated heterocycles. The summed E-state index contributed by atoms with van der Waals surface area (Å²) < 4.78 is 14.3. The van der Waals surface area contributed by atoms with Crippen LogP contribution in [0.4, 0.5) is 32.3 Å². The molecule has 1 aromatic carbocycles. The van der Waals surface area contributed by atoms with Gasteiger partial charge in [0.05, 0.1) is 22.9 Å². The van der Waals surface area contributed by atoms with E-state index in [9.17, 15) is 9.18 Å². The van der Waals surface area contributed by atoms with Crippen molar-refractivity contribution in [2.24, 2.45) is 0 Å². The number of halogens is 2. The molecule has 1 fully saturated rings. The lowest BCUT2D eigenvalue weighted by Gasteiger charge is -2.45. The van der Waals surface area contributed by atoms with E-state index in [4.69, 9.17) is 11.6 Å². The van der Waals surface area contributed by atoms with E-state index >= 15 is 0 Å². The Balaban J connectivity index is 1.75. The highest BCUT2D eigenvalue weighted by molar-refractivity contribution is 6.31. The molecular formula is C19H22ClFN6O. The van der Waals surface area contributed by atoms with E-state index in [0.29, 0.717) is 18.1 Å². The predicted octanol–water partition coefficient (Wildman–Crippen LogP) is 4.57. The summed E-state index contributed by atoms with van der Waals surface area (Å²) in [6.45, 7) is 2.48. The predicted molar refractivity (Wildman–Crippen MR) is 108 cm³/mol. The summed E-state index contributed by atoms with van der Waals surface area (Å²) in [4.78, 5) is 23.3. The lowest BCUT2D eigenvalue weighted by molar-refractivity contribution is 0.191. The molecule has 2 aromatic rings. The van der Waals surface area contributed by atoms with E-state index in [-0.39, 0.29) is 28.7 Å². The van der Waals surface area contributed by atoms with E-state index in [1.165, 1.54) is 6.07 Å². The minimum atomic E-state index is -0.555. The maximum absolute atomic E-state index is 14.3. The van der Waals surface area contributed by atoms with Gasteiger partial charge in [-0.15, -0.1) is 0 Å². The van der Waals surface area contributed by atoms with Gasteiger partial charge in [0, 0.05) is 13.6 Å². The molecule has 2 amide bonds. The van der Waals surface area contributed by atoms with E-state index < -0.39 is 5.82 Å². The number of carbonyl (C=O) groups excluding carboxylic acids is 1.